The van der Waals surface area contributed by atoms with Crippen molar-refractivity contribution in [1.82, 2.24) is 0 Å². The van der Waals surface area contributed by atoms with Gasteiger partial charge in [0.2, 0.25) is 11.6 Å². The van der Waals surface area contributed by atoms with Gasteiger partial charge in [-0.3, -0.25) is 23.7 Å². The third-order valence-electron chi connectivity index (χ3n) is 7.14. The summed E-state index contributed by atoms with van der Waals surface area (Å²) in [5, 5.41) is 0. The number of hydrogen-bond acceptors (Lipinski definition) is 6. The quantitative estimate of drug-likeness (QED) is 0.0802. The molecule has 0 saturated heterocycles. The van der Waals surface area contributed by atoms with Crippen molar-refractivity contribution in [1.29, 1.82) is 0 Å². The zero-order chi connectivity index (χ0) is 40.0. The standard InChI is InChI=1S/C30H16F14O7S/c31-25(32,27(35,36)29(39,40)41)23(47)12-20(45)15-6-8-17(19(10-15)14-4-2-1-3-5-14)18-9-7-16(11-22(18)52(49,50)51)21(46)13-24(48)26(33,34)28(37,38)30(42,43)44/h1-11H,12-13H2,(H,49,50,51). The molecule has 3 aromatic carbocycles. The molecular weight excluding hydrogens is 770 g/mol. The SMILES string of the molecule is O=C(CC(=O)C(F)(F)C(F)(F)C(F)(F)F)c1ccc(-c2ccc(C(=O)CC(=O)C(F)(F)C(F)(F)C(F)(F)F)cc2S(=O)(=O)O)c(-c2ccccc2)c1. The molecule has 0 aliphatic heterocycles. The fourth-order valence-electron chi connectivity index (χ4n) is 4.36. The highest BCUT2D eigenvalue weighted by molar-refractivity contribution is 7.86. The maximum Gasteiger partial charge on any atom is 0.460 e. The van der Waals surface area contributed by atoms with Crippen molar-refractivity contribution < 1.29 is 93.6 Å². The van der Waals surface area contributed by atoms with Crippen molar-refractivity contribution in [3.05, 3.63) is 77.9 Å². The molecule has 0 heterocycles. The maximum atomic E-state index is 13.9. The summed E-state index contributed by atoms with van der Waals surface area (Å²) in [4.78, 5) is 47.4. The summed E-state index contributed by atoms with van der Waals surface area (Å²) in [6.07, 6.45) is -18.4. The number of carbonyl (C=O) groups excluding carboxylic acids is 4. The minimum atomic E-state index is -6.94. The second-order valence-electron chi connectivity index (χ2n) is 10.7. The Balaban J connectivity index is 2.11. The van der Waals surface area contributed by atoms with Gasteiger partial charge in [-0.1, -0.05) is 54.6 Å². The third-order valence-corrected chi connectivity index (χ3v) is 8.03. The highest BCUT2D eigenvalue weighted by atomic mass is 32.2. The van der Waals surface area contributed by atoms with Crippen LogP contribution in [0.4, 0.5) is 61.5 Å². The van der Waals surface area contributed by atoms with Gasteiger partial charge in [-0.2, -0.15) is 69.9 Å². The minimum Gasteiger partial charge on any atom is -0.294 e. The van der Waals surface area contributed by atoms with E-state index in [1.807, 2.05) is 0 Å². The fraction of sp³-hybridized carbons (Fsp3) is 0.267. The van der Waals surface area contributed by atoms with E-state index in [9.17, 15) is 93.6 Å². The van der Waals surface area contributed by atoms with E-state index in [0.29, 0.717) is 18.2 Å². The summed E-state index contributed by atoms with van der Waals surface area (Å²) in [5.41, 5.74) is -3.21. The van der Waals surface area contributed by atoms with Crippen molar-refractivity contribution in [3.8, 4) is 22.3 Å². The highest BCUT2D eigenvalue weighted by Crippen LogP contribution is 2.49. The molecule has 7 nitrogen and oxygen atoms in total. The minimum absolute atomic E-state index is 0.00673. The molecule has 0 unspecified atom stereocenters. The van der Waals surface area contributed by atoms with E-state index < -0.39 is 104 Å². The van der Waals surface area contributed by atoms with Gasteiger partial charge in [0.05, 0.1) is 12.8 Å². The molecule has 282 valence electrons. The molecule has 22 heteroatoms. The third kappa shape index (κ3) is 7.71. The molecule has 0 atom stereocenters. The maximum absolute atomic E-state index is 13.9. The van der Waals surface area contributed by atoms with Crippen LogP contribution in [0.2, 0.25) is 0 Å². The van der Waals surface area contributed by atoms with Crippen molar-refractivity contribution in [2.45, 2.75) is 53.8 Å². The number of hydrogen-bond donors (Lipinski definition) is 1. The van der Waals surface area contributed by atoms with Crippen molar-refractivity contribution in [3.63, 3.8) is 0 Å². The fourth-order valence-corrected chi connectivity index (χ4v) is 5.10. The summed E-state index contributed by atoms with van der Waals surface area (Å²) in [5.74, 6) is -36.7. The van der Waals surface area contributed by atoms with Gasteiger partial charge in [-0.05, 0) is 28.8 Å². The Labute approximate surface area is 281 Å². The molecule has 0 bridgehead atoms. The highest BCUT2D eigenvalue weighted by Gasteiger charge is 2.76. The Hall–Kier alpha value is -4.73. The average Bonchev–Trinajstić information content (AvgIpc) is 3.02. The lowest BCUT2D eigenvalue weighted by molar-refractivity contribution is -0.343. The first-order chi connectivity index (χ1) is 23.4. The van der Waals surface area contributed by atoms with E-state index >= 15 is 0 Å². The molecular formula is C30H16F14O7S. The van der Waals surface area contributed by atoms with Crippen LogP contribution < -0.4 is 0 Å². The second-order valence-corrected chi connectivity index (χ2v) is 12.0. The Morgan fingerprint density at radius 3 is 1.29 bits per heavy atom. The van der Waals surface area contributed by atoms with Crippen molar-refractivity contribution in [2.24, 2.45) is 0 Å². The van der Waals surface area contributed by atoms with Gasteiger partial charge in [0, 0.05) is 16.7 Å². The molecule has 0 aliphatic carbocycles. The van der Waals surface area contributed by atoms with Gasteiger partial charge in [0.25, 0.3) is 10.1 Å². The predicted molar refractivity (Wildman–Crippen MR) is 147 cm³/mol. The summed E-state index contributed by atoms with van der Waals surface area (Å²) in [7, 11) is -5.53. The van der Waals surface area contributed by atoms with Gasteiger partial charge in [-0.15, -0.1) is 0 Å². The molecule has 0 fully saturated rings. The number of benzene rings is 3. The molecule has 3 aromatic rings. The van der Waals surface area contributed by atoms with E-state index in [-0.39, 0.29) is 22.8 Å². The Kier molecular flexibility index (Phi) is 11.0. The molecule has 0 aromatic heterocycles. The molecule has 0 saturated carbocycles. The zero-order valence-corrected chi connectivity index (χ0v) is 25.7. The van der Waals surface area contributed by atoms with Gasteiger partial charge in [0.15, 0.2) is 11.6 Å². The largest absolute Gasteiger partial charge is 0.460 e. The monoisotopic (exact) mass is 786 g/mol. The van der Waals surface area contributed by atoms with Gasteiger partial charge in [0.1, 0.15) is 4.90 Å². The molecule has 3 rings (SSSR count). The predicted octanol–water partition coefficient (Wildman–Crippen LogP) is 8.22. The number of carbonyl (C=O) groups is 4. The van der Waals surface area contributed by atoms with Gasteiger partial charge < -0.3 is 0 Å². The first kappa shape index (κ1) is 41.7. The van der Waals surface area contributed by atoms with Crippen LogP contribution in [0.25, 0.3) is 22.3 Å². The van der Waals surface area contributed by atoms with Crippen LogP contribution in [-0.2, 0) is 19.7 Å². The van der Waals surface area contributed by atoms with Crippen LogP contribution >= 0.6 is 0 Å². The van der Waals surface area contributed by atoms with E-state index in [2.05, 4.69) is 0 Å². The summed E-state index contributed by atoms with van der Waals surface area (Å²) in [6.45, 7) is 0. The topological polar surface area (TPSA) is 123 Å². The Bertz CT molecular complexity index is 2020. The lowest BCUT2D eigenvalue weighted by Gasteiger charge is -2.26. The molecule has 0 spiro atoms. The molecule has 52 heavy (non-hydrogen) atoms. The van der Waals surface area contributed by atoms with Crippen molar-refractivity contribution in [2.75, 3.05) is 0 Å². The smallest absolute Gasteiger partial charge is 0.294 e. The lowest BCUT2D eigenvalue weighted by Crippen LogP contribution is -2.56. The van der Waals surface area contributed by atoms with Crippen LogP contribution in [0.5, 0.6) is 0 Å². The Morgan fingerprint density at radius 1 is 0.519 bits per heavy atom. The van der Waals surface area contributed by atoms with Gasteiger partial charge in [-0.25, -0.2) is 0 Å². The van der Waals surface area contributed by atoms with Crippen LogP contribution in [0.1, 0.15) is 33.6 Å². The summed E-state index contributed by atoms with van der Waals surface area (Å²) >= 11 is 0. The number of alkyl halides is 14. The first-order valence-electron chi connectivity index (χ1n) is 13.5. The molecule has 0 radical (unpaired) electrons. The Morgan fingerprint density at radius 2 is 0.904 bits per heavy atom. The number of rotatable bonds is 13. The molecule has 0 amide bonds. The summed E-state index contributed by atoms with van der Waals surface area (Å²) in [6, 6.07) is 10.1. The number of Topliss-reactive ketones (excluding diaryl/α,β-unsaturated/α-hetero) is 4. The van der Waals surface area contributed by atoms with Crippen LogP contribution in [-0.4, -0.2) is 72.1 Å². The molecule has 1 N–H and O–H groups in total. The number of ketones is 4. The normalized spacial score (nSPS) is 13.5. The second kappa shape index (κ2) is 13.7. The van der Waals surface area contributed by atoms with E-state index in [4.69, 9.17) is 0 Å². The van der Waals surface area contributed by atoms with E-state index in [1.54, 1.807) is 0 Å². The van der Waals surface area contributed by atoms with Crippen LogP contribution in [0.15, 0.2) is 71.6 Å². The average molecular weight is 786 g/mol. The van der Waals surface area contributed by atoms with E-state index in [0.717, 1.165) is 12.1 Å². The number of halogens is 14. The first-order valence-corrected chi connectivity index (χ1v) is 14.9. The van der Waals surface area contributed by atoms with Crippen molar-refractivity contribution >= 4 is 33.3 Å². The lowest BCUT2D eigenvalue weighted by atomic mass is 9.90. The summed E-state index contributed by atoms with van der Waals surface area (Å²) < 4.78 is 218. The van der Waals surface area contributed by atoms with Gasteiger partial charge >= 0.3 is 36.0 Å². The van der Waals surface area contributed by atoms with Crippen LogP contribution in [0, 0.1) is 0 Å². The zero-order valence-electron chi connectivity index (χ0n) is 24.9. The van der Waals surface area contributed by atoms with Crippen LogP contribution in [0.3, 0.4) is 0 Å². The van der Waals surface area contributed by atoms with E-state index in [1.165, 1.54) is 30.3 Å². The molecule has 0 aliphatic rings.